The maximum atomic E-state index is 4.90. The molecule has 0 bridgehead atoms. The normalized spacial score (nSPS) is 7.78. The van der Waals surface area contributed by atoms with Gasteiger partial charge in [-0.05, 0) is 27.1 Å². The lowest BCUT2D eigenvalue weighted by atomic mass is 10.5. The maximum absolute atomic E-state index is 4.90. The predicted octanol–water partition coefficient (Wildman–Crippen LogP) is 1.77. The second-order valence-corrected chi connectivity index (χ2v) is 4.38. The van der Waals surface area contributed by atoms with Crippen LogP contribution in [-0.2, 0) is 0 Å². The molecule has 0 spiro atoms. The molecule has 0 rings (SSSR count). The molecular formula is C5H12Cl2MgN. The molecule has 0 aliphatic carbocycles. The van der Waals surface area contributed by atoms with E-state index in [-0.39, 0.29) is 0 Å². The third kappa shape index (κ3) is 26.8. The molecule has 0 heterocycles. The number of halogens is 2. The highest BCUT2D eigenvalue weighted by atomic mass is 35.6. The van der Waals surface area contributed by atoms with Crippen molar-refractivity contribution in [2.75, 3.05) is 20.6 Å². The largest absolute Gasteiger partial charge is 0.618 e. The Balaban J connectivity index is 0. The number of nitrogens with zero attached hydrogens (tertiary/aromatic N) is 1. The van der Waals surface area contributed by atoms with Crippen molar-refractivity contribution >= 4 is 36.3 Å². The quantitative estimate of drug-likeness (QED) is 0.587. The molecule has 0 amide bonds. The van der Waals surface area contributed by atoms with Gasteiger partial charge in [0.25, 0.3) is 0 Å². The Morgan fingerprint density at radius 2 is 1.78 bits per heavy atom. The fourth-order valence-electron chi connectivity index (χ4n) is 0.316. The van der Waals surface area contributed by atoms with Crippen LogP contribution in [0.3, 0.4) is 0 Å². The third-order valence-corrected chi connectivity index (χ3v) is 0.605. The lowest BCUT2D eigenvalue weighted by Crippen LogP contribution is -2.11. The Morgan fingerprint density at radius 3 is 1.78 bits per heavy atom. The van der Waals surface area contributed by atoms with E-state index in [4.69, 9.17) is 18.1 Å². The molecule has 1 nitrogen and oxygen atoms in total. The highest BCUT2D eigenvalue weighted by Crippen LogP contribution is 1.75. The summed E-state index contributed by atoms with van der Waals surface area (Å²) in [5.41, 5.74) is 0. The predicted molar refractivity (Wildman–Crippen MR) is 46.0 cm³/mol. The van der Waals surface area contributed by atoms with E-state index in [0.717, 1.165) is 13.0 Å². The molecule has 0 saturated carbocycles. The van der Waals surface area contributed by atoms with Crippen molar-refractivity contribution < 1.29 is 0 Å². The van der Waals surface area contributed by atoms with E-state index in [0.29, 0.717) is 0 Å². The summed E-state index contributed by atoms with van der Waals surface area (Å²) in [6.45, 7) is 4.78. The second-order valence-electron chi connectivity index (χ2n) is 1.76. The van der Waals surface area contributed by atoms with E-state index >= 15 is 0 Å². The van der Waals surface area contributed by atoms with Crippen molar-refractivity contribution in [1.82, 2.24) is 4.90 Å². The van der Waals surface area contributed by atoms with Gasteiger partial charge in [0.05, 0.1) is 0 Å². The zero-order valence-corrected chi connectivity index (χ0v) is 8.96. The monoisotopic (exact) mass is 180 g/mol. The van der Waals surface area contributed by atoms with E-state index in [9.17, 15) is 0 Å². The van der Waals surface area contributed by atoms with Gasteiger partial charge in [0.15, 0.2) is 0 Å². The average molecular weight is 181 g/mol. The Hall–Kier alpha value is 1.31. The Labute approximate surface area is 75.0 Å². The summed E-state index contributed by atoms with van der Waals surface area (Å²) in [4.78, 5) is 2.12. The van der Waals surface area contributed by atoms with Gasteiger partial charge in [-0.1, -0.05) is 6.92 Å². The third-order valence-electron chi connectivity index (χ3n) is 0.605. The minimum Gasteiger partial charge on any atom is -0.309 e. The first-order valence-electron chi connectivity index (χ1n) is 2.75. The molecule has 53 valence electrons. The van der Waals surface area contributed by atoms with Gasteiger partial charge >= 0.3 is 18.2 Å². The minimum atomic E-state index is -0.639. The second kappa shape index (κ2) is 12.0. The molecule has 0 aliphatic heterocycles. The van der Waals surface area contributed by atoms with Crippen molar-refractivity contribution in [2.24, 2.45) is 0 Å². The molecule has 0 N–H and O–H groups in total. The van der Waals surface area contributed by atoms with Crippen LogP contribution in [0.1, 0.15) is 6.42 Å². The highest BCUT2D eigenvalue weighted by molar-refractivity contribution is 7.22. The van der Waals surface area contributed by atoms with Crippen LogP contribution in [0.15, 0.2) is 0 Å². The molecule has 0 aliphatic rings. The van der Waals surface area contributed by atoms with Gasteiger partial charge in [-0.2, -0.15) is 0 Å². The lowest BCUT2D eigenvalue weighted by Gasteiger charge is -2.03. The number of hydrogen-bond acceptors (Lipinski definition) is 1. The summed E-state index contributed by atoms with van der Waals surface area (Å²) in [6.07, 6.45) is 1.01. The van der Waals surface area contributed by atoms with E-state index in [2.05, 4.69) is 11.8 Å². The molecule has 4 heteroatoms. The Kier molecular flexibility index (Phi) is 17.3. The smallest absolute Gasteiger partial charge is 0.309 e. The van der Waals surface area contributed by atoms with Crippen LogP contribution in [0.4, 0.5) is 0 Å². The zero-order chi connectivity index (χ0) is 7.70. The fraction of sp³-hybridized carbons (Fsp3) is 0.800. The molecule has 1 radical (unpaired) electrons. The van der Waals surface area contributed by atoms with Gasteiger partial charge in [-0.15, -0.1) is 0 Å². The van der Waals surface area contributed by atoms with Gasteiger partial charge in [-0.3, -0.25) is 0 Å². The Morgan fingerprint density at radius 1 is 1.44 bits per heavy atom. The molecule has 0 aromatic rings. The summed E-state index contributed by atoms with van der Waals surface area (Å²) in [6, 6.07) is 0. The molecule has 0 saturated heterocycles. The van der Waals surface area contributed by atoms with Gasteiger partial charge in [-0.25, -0.2) is 0 Å². The first kappa shape index (κ1) is 12.9. The van der Waals surface area contributed by atoms with Crippen LogP contribution < -0.4 is 0 Å². The summed E-state index contributed by atoms with van der Waals surface area (Å²) >= 11 is -0.639. The zero-order valence-electron chi connectivity index (χ0n) is 6.03. The lowest BCUT2D eigenvalue weighted by molar-refractivity contribution is 0.416. The van der Waals surface area contributed by atoms with Crippen LogP contribution in [0.25, 0.3) is 0 Å². The molecule has 0 fully saturated rings. The molecular weight excluding hydrogens is 169 g/mol. The summed E-state index contributed by atoms with van der Waals surface area (Å²) < 4.78 is 0. The first-order valence-corrected chi connectivity index (χ1v) is 7.02. The van der Waals surface area contributed by atoms with Crippen molar-refractivity contribution in [3.63, 3.8) is 0 Å². The average Bonchev–Trinajstić information content (AvgIpc) is 1.67. The summed E-state index contributed by atoms with van der Waals surface area (Å²) in [7, 11) is 13.9. The topological polar surface area (TPSA) is 3.24 Å². The fourth-order valence-corrected chi connectivity index (χ4v) is 0.316. The molecule has 9 heavy (non-hydrogen) atoms. The van der Waals surface area contributed by atoms with Gasteiger partial charge in [0.1, 0.15) is 0 Å². The van der Waals surface area contributed by atoms with E-state index in [1.165, 1.54) is 0 Å². The molecule has 0 aromatic carbocycles. The highest BCUT2D eigenvalue weighted by Gasteiger charge is 1.79. The maximum Gasteiger partial charge on any atom is 0.618 e. The van der Waals surface area contributed by atoms with E-state index in [1.807, 2.05) is 14.1 Å². The van der Waals surface area contributed by atoms with Gasteiger partial charge in [0, 0.05) is 0 Å². The Bertz CT molecular complexity index is 43.9. The molecule has 0 unspecified atom stereocenters. The minimum absolute atomic E-state index is 0.639. The van der Waals surface area contributed by atoms with Crippen molar-refractivity contribution in [3.05, 3.63) is 6.92 Å². The summed E-state index contributed by atoms with van der Waals surface area (Å²) in [5, 5.41) is 0. The molecule has 0 aromatic heterocycles. The van der Waals surface area contributed by atoms with Crippen molar-refractivity contribution in [3.8, 4) is 0 Å². The van der Waals surface area contributed by atoms with E-state index < -0.39 is 18.2 Å². The van der Waals surface area contributed by atoms with Crippen LogP contribution in [-0.4, -0.2) is 43.7 Å². The first-order chi connectivity index (χ1) is 4.18. The van der Waals surface area contributed by atoms with Crippen molar-refractivity contribution in [1.29, 1.82) is 0 Å². The van der Waals surface area contributed by atoms with Gasteiger partial charge in [0.2, 0.25) is 0 Å². The van der Waals surface area contributed by atoms with Crippen LogP contribution in [0, 0.1) is 6.92 Å². The van der Waals surface area contributed by atoms with Crippen LogP contribution in [0.2, 0.25) is 0 Å². The molecule has 0 atom stereocenters. The van der Waals surface area contributed by atoms with E-state index in [1.54, 1.807) is 0 Å². The summed E-state index contributed by atoms with van der Waals surface area (Å²) in [5.74, 6) is 0. The SMILES string of the molecule is [CH2]CCN(C)C.[Cl][Mg][Cl]. The van der Waals surface area contributed by atoms with Gasteiger partial charge < -0.3 is 23.0 Å². The number of rotatable bonds is 2. The number of hydrogen-bond donors (Lipinski definition) is 0. The standard InChI is InChI=1S/C5H12N.2ClH.Mg/c1-4-5-6(2)3;;;/h1,4-5H2,2-3H3;2*1H;/q;;;+2/p-2. The van der Waals surface area contributed by atoms with Crippen LogP contribution >= 0.6 is 18.1 Å². The van der Waals surface area contributed by atoms with Crippen LogP contribution in [0.5, 0.6) is 0 Å². The van der Waals surface area contributed by atoms with Crippen molar-refractivity contribution in [2.45, 2.75) is 6.42 Å².